The third-order valence-electron chi connectivity index (χ3n) is 4.66. The normalized spacial score (nSPS) is 15.8. The lowest BCUT2D eigenvalue weighted by Crippen LogP contribution is -2.44. The van der Waals surface area contributed by atoms with E-state index in [1.165, 1.54) is 5.56 Å². The third-order valence-corrected chi connectivity index (χ3v) is 5.48. The maximum atomic E-state index is 4.55. The van der Waals surface area contributed by atoms with E-state index in [0.717, 1.165) is 68.2 Å². The molecule has 0 atom stereocenters. The van der Waals surface area contributed by atoms with Crippen LogP contribution in [-0.4, -0.2) is 67.6 Å². The van der Waals surface area contributed by atoms with E-state index in [1.807, 2.05) is 13.1 Å². The van der Waals surface area contributed by atoms with Crippen molar-refractivity contribution in [3.63, 3.8) is 0 Å². The highest BCUT2D eigenvalue weighted by Crippen LogP contribution is 2.14. The Hall–Kier alpha value is -2.19. The molecule has 2 aromatic heterocycles. The van der Waals surface area contributed by atoms with Crippen molar-refractivity contribution in [1.82, 2.24) is 25.5 Å². The van der Waals surface area contributed by atoms with Crippen LogP contribution >= 0.6 is 11.3 Å². The van der Waals surface area contributed by atoms with Crippen LogP contribution in [0.15, 0.2) is 28.7 Å². The van der Waals surface area contributed by atoms with Crippen LogP contribution in [0, 0.1) is 6.92 Å². The number of rotatable bonds is 6. The van der Waals surface area contributed by atoms with E-state index in [2.05, 4.69) is 60.0 Å². The molecule has 0 radical (unpaired) electrons. The van der Waals surface area contributed by atoms with Crippen LogP contribution in [0.3, 0.4) is 0 Å². The summed E-state index contributed by atoms with van der Waals surface area (Å²) < 4.78 is 0. The van der Waals surface area contributed by atoms with Gasteiger partial charge < -0.3 is 20.4 Å². The molecule has 2 aromatic rings. The summed E-state index contributed by atoms with van der Waals surface area (Å²) in [6.45, 7) is 7.79. The molecule has 3 rings (SSSR count). The average molecular weight is 388 g/mol. The Balaban J connectivity index is 1.47. The van der Waals surface area contributed by atoms with Gasteiger partial charge in [0.2, 0.25) is 0 Å². The number of thiazole rings is 1. The zero-order chi connectivity index (χ0) is 19.1. The first-order valence-electron chi connectivity index (χ1n) is 9.38. The van der Waals surface area contributed by atoms with Crippen LogP contribution in [0.2, 0.25) is 0 Å². The number of hydrogen-bond donors (Lipinski definition) is 2. The summed E-state index contributed by atoms with van der Waals surface area (Å²) in [4.78, 5) is 18.0. The maximum absolute atomic E-state index is 4.55. The van der Waals surface area contributed by atoms with Gasteiger partial charge in [-0.05, 0) is 31.7 Å². The first kappa shape index (κ1) is 19.6. The van der Waals surface area contributed by atoms with Crippen molar-refractivity contribution >= 4 is 23.1 Å². The van der Waals surface area contributed by atoms with E-state index in [0.29, 0.717) is 0 Å². The smallest absolute Gasteiger partial charge is 0.191 e. The van der Waals surface area contributed by atoms with Crippen LogP contribution in [-0.2, 0) is 13.0 Å². The monoisotopic (exact) mass is 387 g/mol. The predicted molar refractivity (Wildman–Crippen MR) is 113 cm³/mol. The Labute approximate surface area is 165 Å². The molecule has 27 heavy (non-hydrogen) atoms. The van der Waals surface area contributed by atoms with Crippen LogP contribution < -0.4 is 15.5 Å². The van der Waals surface area contributed by atoms with Crippen LogP contribution in [0.1, 0.15) is 16.3 Å². The number of aromatic nitrogens is 2. The largest absolute Gasteiger partial charge is 0.356 e. The molecule has 146 valence electrons. The Morgan fingerprint density at radius 3 is 2.78 bits per heavy atom. The number of piperazine rings is 1. The molecular formula is C19H29N7S. The number of nitrogens with one attached hydrogen (secondary N) is 2. The number of pyridine rings is 1. The van der Waals surface area contributed by atoms with E-state index >= 15 is 0 Å². The highest BCUT2D eigenvalue weighted by atomic mass is 32.1. The Morgan fingerprint density at radius 1 is 1.26 bits per heavy atom. The number of nitrogens with zero attached hydrogens (tertiary/aromatic N) is 5. The van der Waals surface area contributed by atoms with Crippen molar-refractivity contribution in [3.05, 3.63) is 40.0 Å². The molecule has 1 aliphatic heterocycles. The fourth-order valence-electron chi connectivity index (χ4n) is 3.02. The molecule has 1 saturated heterocycles. The molecule has 7 nitrogen and oxygen atoms in total. The molecule has 3 heterocycles. The zero-order valence-corrected chi connectivity index (χ0v) is 17.2. The highest BCUT2D eigenvalue weighted by molar-refractivity contribution is 7.09. The predicted octanol–water partition coefficient (Wildman–Crippen LogP) is 1.51. The molecule has 8 heteroatoms. The van der Waals surface area contributed by atoms with Crippen LogP contribution in [0.4, 0.5) is 5.82 Å². The lowest BCUT2D eigenvalue weighted by molar-refractivity contribution is 0.312. The second kappa shape index (κ2) is 9.66. The van der Waals surface area contributed by atoms with E-state index < -0.39 is 0 Å². The topological polar surface area (TPSA) is 68.7 Å². The minimum Gasteiger partial charge on any atom is -0.356 e. The summed E-state index contributed by atoms with van der Waals surface area (Å²) in [6.07, 6.45) is 2.79. The van der Waals surface area contributed by atoms with Gasteiger partial charge in [-0.2, -0.15) is 0 Å². The number of aryl methyl sites for hydroxylation is 1. The van der Waals surface area contributed by atoms with Gasteiger partial charge in [0.15, 0.2) is 5.96 Å². The van der Waals surface area contributed by atoms with Gasteiger partial charge in [-0.1, -0.05) is 0 Å². The lowest BCUT2D eigenvalue weighted by atomic mass is 10.2. The van der Waals surface area contributed by atoms with Gasteiger partial charge in [0.05, 0.1) is 10.7 Å². The minimum absolute atomic E-state index is 0.721. The highest BCUT2D eigenvalue weighted by Gasteiger charge is 2.15. The summed E-state index contributed by atoms with van der Waals surface area (Å²) in [5.41, 5.74) is 2.34. The molecule has 0 saturated carbocycles. The van der Waals surface area contributed by atoms with Gasteiger partial charge in [-0.15, -0.1) is 11.3 Å². The average Bonchev–Trinajstić information content (AvgIpc) is 3.10. The van der Waals surface area contributed by atoms with Gasteiger partial charge in [-0.25, -0.2) is 9.97 Å². The van der Waals surface area contributed by atoms with Crippen LogP contribution in [0.5, 0.6) is 0 Å². The van der Waals surface area contributed by atoms with Gasteiger partial charge >= 0.3 is 0 Å². The first-order chi connectivity index (χ1) is 13.1. The molecule has 0 unspecified atom stereocenters. The lowest BCUT2D eigenvalue weighted by Gasteiger charge is -2.33. The summed E-state index contributed by atoms with van der Waals surface area (Å²) in [5.74, 6) is 1.86. The van der Waals surface area contributed by atoms with Crippen molar-refractivity contribution in [2.45, 2.75) is 19.9 Å². The van der Waals surface area contributed by atoms with Gasteiger partial charge in [0, 0.05) is 64.3 Å². The number of anilines is 1. The molecule has 1 fully saturated rings. The first-order valence-corrected chi connectivity index (χ1v) is 10.3. The zero-order valence-electron chi connectivity index (χ0n) is 16.4. The molecule has 0 aliphatic carbocycles. The Bertz CT molecular complexity index is 750. The van der Waals surface area contributed by atoms with Crippen molar-refractivity contribution in [3.8, 4) is 0 Å². The van der Waals surface area contributed by atoms with Crippen LogP contribution in [0.25, 0.3) is 0 Å². The molecule has 0 bridgehead atoms. The van der Waals surface area contributed by atoms with Gasteiger partial charge in [0.25, 0.3) is 0 Å². The van der Waals surface area contributed by atoms with Gasteiger partial charge in [-0.3, -0.25) is 4.99 Å². The maximum Gasteiger partial charge on any atom is 0.191 e. The number of guanidine groups is 1. The van der Waals surface area contributed by atoms with Crippen molar-refractivity contribution in [2.75, 3.05) is 51.7 Å². The van der Waals surface area contributed by atoms with E-state index in [1.54, 1.807) is 18.4 Å². The van der Waals surface area contributed by atoms with E-state index in [-0.39, 0.29) is 0 Å². The second-order valence-electron chi connectivity index (χ2n) is 6.77. The molecule has 1 aliphatic rings. The molecule has 0 spiro atoms. The SMILES string of the molecule is CN=C(NCCc1csc(C)n1)NCc1ccnc(N2CCN(C)CC2)c1. The fourth-order valence-corrected chi connectivity index (χ4v) is 3.66. The number of hydrogen-bond acceptors (Lipinski definition) is 6. The second-order valence-corrected chi connectivity index (χ2v) is 7.84. The fraction of sp³-hybridized carbons (Fsp3) is 0.526. The summed E-state index contributed by atoms with van der Waals surface area (Å²) >= 11 is 1.69. The van der Waals surface area contributed by atoms with Crippen molar-refractivity contribution in [2.24, 2.45) is 4.99 Å². The summed E-state index contributed by atoms with van der Waals surface area (Å²) in [7, 11) is 3.96. The molecular weight excluding hydrogens is 358 g/mol. The number of aliphatic imine (C=N–C) groups is 1. The van der Waals surface area contributed by atoms with E-state index in [4.69, 9.17) is 0 Å². The molecule has 0 aromatic carbocycles. The minimum atomic E-state index is 0.721. The van der Waals surface area contributed by atoms with Crippen molar-refractivity contribution in [1.29, 1.82) is 0 Å². The Kier molecular flexibility index (Phi) is 7.00. The van der Waals surface area contributed by atoms with Gasteiger partial charge in [0.1, 0.15) is 5.82 Å². The molecule has 2 N–H and O–H groups in total. The molecule has 0 amide bonds. The summed E-state index contributed by atoms with van der Waals surface area (Å²) in [6, 6.07) is 4.22. The van der Waals surface area contributed by atoms with E-state index in [9.17, 15) is 0 Å². The quantitative estimate of drug-likeness (QED) is 0.578. The summed E-state index contributed by atoms with van der Waals surface area (Å²) in [5, 5.41) is 9.96. The third kappa shape index (κ3) is 5.90. The number of likely N-dealkylation sites (N-methyl/N-ethyl adjacent to an activating group) is 1. The van der Waals surface area contributed by atoms with Crippen molar-refractivity contribution < 1.29 is 0 Å². The Morgan fingerprint density at radius 2 is 2.07 bits per heavy atom. The standard InChI is InChI=1S/C19H29N7S/c1-15-24-17(14-27-15)5-7-22-19(20-2)23-13-16-4-6-21-18(12-16)26-10-8-25(3)9-11-26/h4,6,12,14H,5,7-11,13H2,1-3H3,(H2,20,22,23).